The second kappa shape index (κ2) is 7.36. The lowest BCUT2D eigenvalue weighted by atomic mass is 10.1. The molecule has 0 aliphatic rings. The molecule has 0 aliphatic heterocycles. The molecule has 0 saturated carbocycles. The fraction of sp³-hybridized carbons (Fsp3) is 0.167. The zero-order chi connectivity index (χ0) is 17.8. The summed E-state index contributed by atoms with van der Waals surface area (Å²) in [7, 11) is 0. The van der Waals surface area contributed by atoms with Crippen molar-refractivity contribution in [3.63, 3.8) is 0 Å². The van der Waals surface area contributed by atoms with Crippen LogP contribution in [-0.4, -0.2) is 23.2 Å². The van der Waals surface area contributed by atoms with Crippen LogP contribution in [0, 0.1) is 11.3 Å². The van der Waals surface area contributed by atoms with Crippen LogP contribution in [0.15, 0.2) is 45.7 Å². The summed E-state index contributed by atoms with van der Waals surface area (Å²) in [6, 6.07) is 12.5. The lowest BCUT2D eigenvalue weighted by Crippen LogP contribution is -2.10. The minimum Gasteiger partial charge on any atom is -0.490 e. The molecule has 1 aromatic heterocycles. The van der Waals surface area contributed by atoms with E-state index >= 15 is 0 Å². The van der Waals surface area contributed by atoms with Gasteiger partial charge >= 0.3 is 0 Å². The standard InChI is InChI=1S/C18H14BrN3O3/c1-2-24-15-9-12(13(19)10-16(15)25-8-7-20)17-21-14-6-4-3-5-11(14)18(23)22-17/h3-6,9-10H,2,8H2,1H3,(H,21,22,23). The number of H-pyrrole nitrogens is 1. The highest BCUT2D eigenvalue weighted by Gasteiger charge is 2.15. The molecule has 6 nitrogen and oxygen atoms in total. The van der Waals surface area contributed by atoms with Crippen molar-refractivity contribution >= 4 is 26.8 Å². The van der Waals surface area contributed by atoms with Crippen LogP contribution in [0.4, 0.5) is 0 Å². The first-order chi connectivity index (χ1) is 12.1. The summed E-state index contributed by atoms with van der Waals surface area (Å²) in [6.45, 7) is 2.20. The van der Waals surface area contributed by atoms with Crippen molar-refractivity contribution in [1.82, 2.24) is 9.97 Å². The third-order valence-electron chi connectivity index (χ3n) is 3.49. The van der Waals surface area contributed by atoms with Gasteiger partial charge in [-0.3, -0.25) is 4.79 Å². The number of aromatic nitrogens is 2. The Morgan fingerprint density at radius 3 is 2.76 bits per heavy atom. The molecule has 1 heterocycles. The first-order valence-electron chi connectivity index (χ1n) is 7.59. The highest BCUT2D eigenvalue weighted by molar-refractivity contribution is 9.10. The van der Waals surface area contributed by atoms with Gasteiger partial charge in [-0.25, -0.2) is 4.98 Å². The third kappa shape index (κ3) is 3.49. The van der Waals surface area contributed by atoms with E-state index in [-0.39, 0.29) is 12.2 Å². The number of ether oxygens (including phenoxy) is 2. The SMILES string of the molecule is CCOc1cc(-c2nc3ccccc3c(=O)[nH]2)c(Br)cc1OCC#N. The van der Waals surface area contributed by atoms with E-state index < -0.39 is 0 Å². The number of fused-ring (bicyclic) bond motifs is 1. The molecule has 1 N–H and O–H groups in total. The van der Waals surface area contributed by atoms with Crippen molar-refractivity contribution in [3.05, 3.63) is 51.2 Å². The second-order valence-electron chi connectivity index (χ2n) is 5.09. The highest BCUT2D eigenvalue weighted by Crippen LogP contribution is 2.37. The van der Waals surface area contributed by atoms with Crippen molar-refractivity contribution < 1.29 is 9.47 Å². The van der Waals surface area contributed by atoms with Gasteiger partial charge in [0.2, 0.25) is 0 Å². The monoisotopic (exact) mass is 399 g/mol. The van der Waals surface area contributed by atoms with Gasteiger partial charge in [0.05, 0.1) is 17.5 Å². The van der Waals surface area contributed by atoms with E-state index in [0.717, 1.165) is 0 Å². The molecule has 0 aliphatic carbocycles. The smallest absolute Gasteiger partial charge is 0.259 e. The number of nitrogens with zero attached hydrogens (tertiary/aromatic N) is 2. The number of aromatic amines is 1. The Bertz CT molecular complexity index is 1020. The Kier molecular flexibility index (Phi) is 5.00. The van der Waals surface area contributed by atoms with Crippen LogP contribution in [0.1, 0.15) is 6.92 Å². The van der Waals surface area contributed by atoms with Gasteiger partial charge < -0.3 is 14.5 Å². The maximum atomic E-state index is 12.3. The Balaban J connectivity index is 2.15. The van der Waals surface area contributed by atoms with E-state index in [1.54, 1.807) is 30.3 Å². The number of nitrogens with one attached hydrogen (secondary N) is 1. The number of nitriles is 1. The predicted octanol–water partition coefficient (Wildman–Crippen LogP) is 3.65. The molecular formula is C18H14BrN3O3. The van der Waals surface area contributed by atoms with Gasteiger partial charge in [0, 0.05) is 10.0 Å². The topological polar surface area (TPSA) is 88.0 Å². The molecule has 0 spiro atoms. The second-order valence-corrected chi connectivity index (χ2v) is 5.94. The minimum atomic E-state index is -0.213. The van der Waals surface area contributed by atoms with E-state index in [0.29, 0.717) is 44.9 Å². The van der Waals surface area contributed by atoms with Crippen molar-refractivity contribution in [2.24, 2.45) is 0 Å². The van der Waals surface area contributed by atoms with Gasteiger partial charge in [-0.05, 0) is 47.1 Å². The molecule has 0 bridgehead atoms. The van der Waals surface area contributed by atoms with E-state index in [1.165, 1.54) is 0 Å². The summed E-state index contributed by atoms with van der Waals surface area (Å²) < 4.78 is 11.7. The lowest BCUT2D eigenvalue weighted by Gasteiger charge is -2.13. The molecule has 7 heteroatoms. The molecule has 0 saturated heterocycles. The predicted molar refractivity (Wildman–Crippen MR) is 97.8 cm³/mol. The third-order valence-corrected chi connectivity index (χ3v) is 4.15. The summed E-state index contributed by atoms with van der Waals surface area (Å²) in [5.41, 5.74) is 1.06. The molecule has 0 unspecified atom stereocenters. The molecular weight excluding hydrogens is 386 g/mol. The summed E-state index contributed by atoms with van der Waals surface area (Å²) in [5, 5.41) is 9.23. The normalized spacial score (nSPS) is 10.4. The average molecular weight is 400 g/mol. The Labute approximate surface area is 152 Å². The van der Waals surface area contributed by atoms with Crippen LogP contribution in [0.5, 0.6) is 11.5 Å². The van der Waals surface area contributed by atoms with Crippen LogP contribution in [0.2, 0.25) is 0 Å². The number of halogens is 1. The average Bonchev–Trinajstić information content (AvgIpc) is 2.61. The minimum absolute atomic E-state index is 0.0864. The quantitative estimate of drug-likeness (QED) is 0.706. The first kappa shape index (κ1) is 17.0. The first-order valence-corrected chi connectivity index (χ1v) is 8.39. The van der Waals surface area contributed by atoms with E-state index in [4.69, 9.17) is 14.7 Å². The fourth-order valence-electron chi connectivity index (χ4n) is 2.42. The molecule has 0 radical (unpaired) electrons. The highest BCUT2D eigenvalue weighted by atomic mass is 79.9. The summed E-state index contributed by atoms with van der Waals surface area (Å²) in [4.78, 5) is 19.6. The Morgan fingerprint density at radius 2 is 2.00 bits per heavy atom. The van der Waals surface area contributed by atoms with Crippen molar-refractivity contribution in [1.29, 1.82) is 5.26 Å². The summed E-state index contributed by atoms with van der Waals surface area (Å²) in [6.07, 6.45) is 0. The fourth-order valence-corrected chi connectivity index (χ4v) is 2.93. The van der Waals surface area contributed by atoms with Crippen LogP contribution < -0.4 is 15.0 Å². The van der Waals surface area contributed by atoms with Crippen LogP contribution in [-0.2, 0) is 0 Å². The molecule has 25 heavy (non-hydrogen) atoms. The summed E-state index contributed by atoms with van der Waals surface area (Å²) in [5.74, 6) is 1.34. The van der Waals surface area contributed by atoms with Gasteiger partial charge in [-0.15, -0.1) is 0 Å². The maximum Gasteiger partial charge on any atom is 0.259 e. The largest absolute Gasteiger partial charge is 0.490 e. The Morgan fingerprint density at radius 1 is 1.24 bits per heavy atom. The van der Waals surface area contributed by atoms with Gasteiger partial charge in [0.25, 0.3) is 5.56 Å². The number of para-hydroxylation sites is 1. The van der Waals surface area contributed by atoms with Crippen molar-refractivity contribution in [3.8, 4) is 29.0 Å². The number of hydrogen-bond acceptors (Lipinski definition) is 5. The van der Waals surface area contributed by atoms with Gasteiger partial charge in [0.1, 0.15) is 11.9 Å². The van der Waals surface area contributed by atoms with E-state index in [2.05, 4.69) is 25.9 Å². The molecule has 2 aromatic carbocycles. The number of benzene rings is 2. The molecule has 0 fully saturated rings. The van der Waals surface area contributed by atoms with E-state index in [9.17, 15) is 4.79 Å². The van der Waals surface area contributed by atoms with Crippen molar-refractivity contribution in [2.45, 2.75) is 6.92 Å². The van der Waals surface area contributed by atoms with Crippen LogP contribution in [0.25, 0.3) is 22.3 Å². The number of rotatable bonds is 5. The number of hydrogen-bond donors (Lipinski definition) is 1. The molecule has 126 valence electrons. The lowest BCUT2D eigenvalue weighted by molar-refractivity contribution is 0.298. The van der Waals surface area contributed by atoms with Crippen molar-refractivity contribution in [2.75, 3.05) is 13.2 Å². The zero-order valence-electron chi connectivity index (χ0n) is 13.4. The molecule has 0 amide bonds. The van der Waals surface area contributed by atoms with E-state index in [1.807, 2.05) is 19.1 Å². The molecule has 3 aromatic rings. The van der Waals surface area contributed by atoms with Crippen LogP contribution in [0.3, 0.4) is 0 Å². The summed E-state index contributed by atoms with van der Waals surface area (Å²) >= 11 is 3.47. The Hall–Kier alpha value is -2.85. The van der Waals surface area contributed by atoms with Crippen LogP contribution >= 0.6 is 15.9 Å². The zero-order valence-corrected chi connectivity index (χ0v) is 15.0. The maximum absolute atomic E-state index is 12.3. The molecule has 0 atom stereocenters. The van der Waals surface area contributed by atoms with Gasteiger partial charge in [-0.1, -0.05) is 12.1 Å². The van der Waals surface area contributed by atoms with Gasteiger partial charge in [0.15, 0.2) is 18.1 Å². The molecule has 3 rings (SSSR count). The van der Waals surface area contributed by atoms with Gasteiger partial charge in [-0.2, -0.15) is 5.26 Å².